The third-order valence-corrected chi connectivity index (χ3v) is 15.3. The Labute approximate surface area is 419 Å². The lowest BCUT2D eigenvalue weighted by Gasteiger charge is -2.43. The van der Waals surface area contributed by atoms with Crippen molar-refractivity contribution < 1.29 is 58.7 Å². The number of hydrogen-bond acceptors (Lipinski definition) is 17. The zero-order chi connectivity index (χ0) is 50.9. The summed E-state index contributed by atoms with van der Waals surface area (Å²) in [6, 6.07) is 2.47. The number of aliphatic hydroxyl groups is 4. The van der Waals surface area contributed by atoms with Crippen molar-refractivity contribution in [3.63, 3.8) is 0 Å². The van der Waals surface area contributed by atoms with E-state index >= 15 is 0 Å². The van der Waals surface area contributed by atoms with Crippen LogP contribution in [0.25, 0.3) is 11.2 Å². The zero-order valence-corrected chi connectivity index (χ0v) is 42.1. The molecule has 0 saturated carbocycles. The molecular formula is C46H66IN11O12. The molecule has 0 spiro atoms. The summed E-state index contributed by atoms with van der Waals surface area (Å²) in [5.41, 5.74) is 1.82. The van der Waals surface area contributed by atoms with Crippen LogP contribution in [0.3, 0.4) is 0 Å². The number of imide groups is 1. The van der Waals surface area contributed by atoms with Crippen LogP contribution in [0.4, 0.5) is 11.5 Å². The molecule has 0 radical (unpaired) electrons. The number of fused-ring (bicyclic) bond motifs is 1. The highest BCUT2D eigenvalue weighted by Crippen LogP contribution is 2.43. The number of rotatable bonds is 23. The van der Waals surface area contributed by atoms with E-state index < -0.39 is 91.3 Å². The Morgan fingerprint density at radius 3 is 2.46 bits per heavy atom. The van der Waals surface area contributed by atoms with Crippen LogP contribution in [0.15, 0.2) is 36.9 Å². The standard InChI is InChI=1S/C46H66IN11O12/c1-6-8-16-46(47,7-2)28-19-32(61)58(44(28)67)18-15-31(60)54-33(24(3)4)42(66)52-25(5)40(64)53-27-13-11-26(12-14-27)21-69-45(68)57-17-9-10-29(57)41(65)55-34-30(20-59)70-43(37(63)36(34)62)56-39-35-38(49-22-48-35)50-23-51-39/h11-14,22-25,28-30,33-34,36-37,43,45,59,62-63,68H,6-10,15-21H2,1-5H3,(H,52,66)(H,53,64)(H,54,60)(H,55,65)(H2,48,49,50,51,56)/t25-,28?,29-,30-,33-,34-,36+,37-,43-,45?,46?/m0/s1. The molecule has 0 aliphatic carbocycles. The fraction of sp³-hybridized carbons (Fsp3) is 0.630. The minimum absolute atomic E-state index is 0.0727. The molecule has 3 fully saturated rings. The third kappa shape index (κ3) is 12.9. The first kappa shape index (κ1) is 54.4. The van der Waals surface area contributed by atoms with E-state index in [1.165, 1.54) is 24.5 Å². The molecule has 384 valence electrons. The molecule has 3 saturated heterocycles. The third-order valence-electron chi connectivity index (χ3n) is 13.2. The van der Waals surface area contributed by atoms with Crippen LogP contribution < -0.4 is 26.6 Å². The highest BCUT2D eigenvalue weighted by atomic mass is 127. The van der Waals surface area contributed by atoms with Crippen molar-refractivity contribution in [1.82, 2.24) is 45.7 Å². The molecule has 6 rings (SSSR count). The van der Waals surface area contributed by atoms with Gasteiger partial charge in [-0.2, -0.15) is 0 Å². The molecule has 2 aromatic heterocycles. The smallest absolute Gasteiger partial charge is 0.246 e. The number of aromatic amines is 1. The van der Waals surface area contributed by atoms with Gasteiger partial charge in [0.05, 0.1) is 37.5 Å². The Morgan fingerprint density at radius 1 is 1.03 bits per heavy atom. The molecule has 3 unspecified atom stereocenters. The molecule has 6 amide bonds. The van der Waals surface area contributed by atoms with Gasteiger partial charge in [0.25, 0.3) is 0 Å². The average Bonchev–Trinajstić information content (AvgIpc) is 4.11. The van der Waals surface area contributed by atoms with Gasteiger partial charge < -0.3 is 61.5 Å². The van der Waals surface area contributed by atoms with Crippen LogP contribution in [-0.4, -0.2) is 164 Å². The number of aromatic nitrogens is 4. The minimum Gasteiger partial charge on any atom is -0.394 e. The molecular weight excluding hydrogens is 1030 g/mol. The number of unbranched alkanes of at least 4 members (excludes halogenated alkanes) is 1. The number of alkyl halides is 1. The summed E-state index contributed by atoms with van der Waals surface area (Å²) in [5.74, 6) is -3.32. The Hall–Kier alpha value is -4.96. The number of anilines is 2. The zero-order valence-electron chi connectivity index (χ0n) is 40.0. The first-order valence-electron chi connectivity index (χ1n) is 23.8. The predicted octanol–water partition coefficient (Wildman–Crippen LogP) is 0.769. The van der Waals surface area contributed by atoms with Gasteiger partial charge in [0.1, 0.15) is 42.2 Å². The van der Waals surface area contributed by atoms with E-state index in [1.807, 2.05) is 6.92 Å². The fourth-order valence-electron chi connectivity index (χ4n) is 8.98. The Balaban J connectivity index is 0.936. The first-order valence-corrected chi connectivity index (χ1v) is 24.9. The summed E-state index contributed by atoms with van der Waals surface area (Å²) in [6.45, 7) is 8.63. The van der Waals surface area contributed by atoms with Gasteiger partial charge in [-0.25, -0.2) is 19.9 Å². The SMILES string of the molecule is CCCCC(I)(CC)C1CC(=O)N(CCC(=O)N[C@H](C(=O)N[C@@H](C)C(=O)Nc2ccc(COC(O)N3CCC[C@H]3C(=O)N[C@@H]3[C@@H](O)[C@H](O)[C@@H](Nc4ncnc5nc[nH]c45)O[C@H]3CO)cc2)C(C)C)C1=O. The lowest BCUT2D eigenvalue weighted by molar-refractivity contribution is -0.207. The van der Waals surface area contributed by atoms with Crippen LogP contribution in [0.1, 0.15) is 91.5 Å². The molecule has 3 aromatic rings. The number of nitrogens with one attached hydrogen (secondary N) is 6. The first-order chi connectivity index (χ1) is 33.4. The van der Waals surface area contributed by atoms with Crippen molar-refractivity contribution in [1.29, 1.82) is 0 Å². The van der Waals surface area contributed by atoms with Gasteiger partial charge in [0.2, 0.25) is 41.9 Å². The second-order valence-corrected chi connectivity index (χ2v) is 20.5. The molecule has 3 aliphatic heterocycles. The number of hydrogen-bond donors (Lipinski definition) is 10. The fourth-order valence-corrected chi connectivity index (χ4v) is 9.85. The van der Waals surface area contributed by atoms with E-state index in [4.69, 9.17) is 9.47 Å². The number of imidazole rings is 1. The number of carbonyl (C=O) groups excluding carboxylic acids is 6. The molecule has 10 N–H and O–H groups in total. The number of aliphatic hydroxyl groups excluding tert-OH is 4. The topological polar surface area (TPSA) is 323 Å². The molecule has 70 heavy (non-hydrogen) atoms. The number of nitrogens with zero attached hydrogens (tertiary/aromatic N) is 5. The minimum atomic E-state index is -1.57. The number of carbonyl (C=O) groups is 6. The number of ether oxygens (including phenoxy) is 2. The summed E-state index contributed by atoms with van der Waals surface area (Å²) in [4.78, 5) is 97.1. The summed E-state index contributed by atoms with van der Waals surface area (Å²) >= 11 is 2.32. The molecule has 11 atom stereocenters. The summed E-state index contributed by atoms with van der Waals surface area (Å²) in [7, 11) is 0. The van der Waals surface area contributed by atoms with Crippen LogP contribution in [0.2, 0.25) is 0 Å². The Kier molecular flexibility index (Phi) is 19.0. The van der Waals surface area contributed by atoms with Crippen molar-refractivity contribution in [2.75, 3.05) is 30.3 Å². The van der Waals surface area contributed by atoms with Crippen molar-refractivity contribution >= 4 is 80.7 Å². The van der Waals surface area contributed by atoms with E-state index in [0.717, 1.165) is 30.6 Å². The van der Waals surface area contributed by atoms with Crippen LogP contribution in [0.5, 0.6) is 0 Å². The highest BCUT2D eigenvalue weighted by molar-refractivity contribution is 14.1. The van der Waals surface area contributed by atoms with Gasteiger partial charge in [-0.3, -0.25) is 33.7 Å². The normalized spacial score (nSPS) is 25.1. The van der Waals surface area contributed by atoms with Crippen LogP contribution in [0, 0.1) is 11.8 Å². The van der Waals surface area contributed by atoms with Crippen LogP contribution >= 0.6 is 22.6 Å². The summed E-state index contributed by atoms with van der Waals surface area (Å²) in [5, 5.41) is 57.0. The van der Waals surface area contributed by atoms with Gasteiger partial charge in [0, 0.05) is 35.0 Å². The highest BCUT2D eigenvalue weighted by Gasteiger charge is 2.49. The summed E-state index contributed by atoms with van der Waals surface area (Å²) in [6.07, 6.45) is 0.0209. The lowest BCUT2D eigenvalue weighted by Crippen LogP contribution is -2.67. The second-order valence-electron chi connectivity index (χ2n) is 18.4. The molecule has 5 heterocycles. The molecule has 0 bridgehead atoms. The quantitative estimate of drug-likeness (QED) is 0.0271. The Morgan fingerprint density at radius 2 is 1.77 bits per heavy atom. The van der Waals surface area contributed by atoms with E-state index in [1.54, 1.807) is 38.1 Å². The molecule has 1 aromatic carbocycles. The van der Waals surface area contributed by atoms with Crippen molar-refractivity contribution in [3.8, 4) is 0 Å². The number of halogens is 1. The van der Waals surface area contributed by atoms with Gasteiger partial charge in [0.15, 0.2) is 17.7 Å². The maximum atomic E-state index is 13.6. The van der Waals surface area contributed by atoms with Gasteiger partial charge in [-0.1, -0.05) is 75.3 Å². The maximum absolute atomic E-state index is 13.6. The molecule has 24 heteroatoms. The van der Waals surface area contributed by atoms with Crippen molar-refractivity contribution in [3.05, 3.63) is 42.5 Å². The van der Waals surface area contributed by atoms with E-state index in [0.29, 0.717) is 41.8 Å². The number of benzene rings is 1. The van der Waals surface area contributed by atoms with Gasteiger partial charge in [-0.15, -0.1) is 0 Å². The van der Waals surface area contributed by atoms with E-state index in [9.17, 15) is 49.2 Å². The largest absolute Gasteiger partial charge is 0.394 e. The lowest BCUT2D eigenvalue weighted by atomic mass is 9.84. The van der Waals surface area contributed by atoms with Crippen molar-refractivity contribution in [2.24, 2.45) is 11.8 Å². The average molecular weight is 1090 g/mol. The predicted molar refractivity (Wildman–Crippen MR) is 261 cm³/mol. The second kappa shape index (κ2) is 24.4. The molecule has 23 nitrogen and oxygen atoms in total. The van der Waals surface area contributed by atoms with Crippen molar-refractivity contribution in [2.45, 2.75) is 151 Å². The van der Waals surface area contributed by atoms with Gasteiger partial charge >= 0.3 is 0 Å². The number of H-pyrrole nitrogens is 1. The number of amides is 6. The maximum Gasteiger partial charge on any atom is 0.246 e. The monoisotopic (exact) mass is 1090 g/mol. The van der Waals surface area contributed by atoms with Gasteiger partial charge in [-0.05, 0) is 56.2 Å². The molecule has 3 aliphatic rings. The number of likely N-dealkylation sites (tertiary alicyclic amines) is 2. The Bertz CT molecular complexity index is 2310. The van der Waals surface area contributed by atoms with E-state index in [-0.39, 0.29) is 53.0 Å². The van der Waals surface area contributed by atoms with Crippen LogP contribution in [-0.2, 0) is 44.8 Å². The summed E-state index contributed by atoms with van der Waals surface area (Å²) < 4.78 is 11.3. The van der Waals surface area contributed by atoms with E-state index in [2.05, 4.69) is 76.0 Å².